The van der Waals surface area contributed by atoms with Gasteiger partial charge in [-0.25, -0.2) is 4.98 Å². The number of aromatic nitrogens is 3. The minimum absolute atomic E-state index is 0.135. The topological polar surface area (TPSA) is 74.6 Å². The van der Waals surface area contributed by atoms with Crippen molar-refractivity contribution in [2.45, 2.75) is 58.9 Å². The van der Waals surface area contributed by atoms with Crippen molar-refractivity contribution in [1.82, 2.24) is 19.9 Å². The van der Waals surface area contributed by atoms with Crippen LogP contribution >= 0.6 is 11.6 Å². The van der Waals surface area contributed by atoms with Gasteiger partial charge in [-0.2, -0.15) is 9.61 Å². The number of nitrogens with one attached hydrogen (secondary N) is 2. The Labute approximate surface area is 229 Å². The van der Waals surface area contributed by atoms with Gasteiger partial charge in [0.25, 0.3) is 5.91 Å². The molecule has 2 aromatic carbocycles. The summed E-state index contributed by atoms with van der Waals surface area (Å²) in [5.41, 5.74) is 5.46. The summed E-state index contributed by atoms with van der Waals surface area (Å²) >= 11 is 6.30. The molecule has 7 nitrogen and oxygen atoms in total. The predicted molar refractivity (Wildman–Crippen MR) is 155 cm³/mol. The normalized spacial score (nSPS) is 14.8. The predicted octanol–water partition coefficient (Wildman–Crippen LogP) is 6.87. The van der Waals surface area contributed by atoms with Crippen molar-refractivity contribution in [1.29, 1.82) is 0 Å². The van der Waals surface area contributed by atoms with Crippen molar-refractivity contribution in [2.75, 3.05) is 23.3 Å². The summed E-state index contributed by atoms with van der Waals surface area (Å²) in [6.45, 7) is 8.45. The smallest absolute Gasteiger partial charge is 0.251 e. The number of carbonyl (C=O) groups is 1. The van der Waals surface area contributed by atoms with Crippen molar-refractivity contribution >= 4 is 40.5 Å². The van der Waals surface area contributed by atoms with E-state index in [-0.39, 0.29) is 5.91 Å². The first-order valence-electron chi connectivity index (χ1n) is 13.6. The number of hydrogen-bond acceptors (Lipinski definition) is 5. The molecule has 0 bridgehead atoms. The van der Waals surface area contributed by atoms with Crippen LogP contribution in [0.15, 0.2) is 54.6 Å². The molecule has 1 aliphatic carbocycles. The summed E-state index contributed by atoms with van der Waals surface area (Å²) in [7, 11) is 0. The van der Waals surface area contributed by atoms with E-state index in [9.17, 15) is 4.79 Å². The molecular formula is C30H35ClN6O. The second-order valence-corrected chi connectivity index (χ2v) is 10.1. The Morgan fingerprint density at radius 1 is 1.05 bits per heavy atom. The number of benzene rings is 2. The second-order valence-electron chi connectivity index (χ2n) is 9.73. The third kappa shape index (κ3) is 5.63. The Bertz CT molecular complexity index is 1400. The number of hydrogen-bond donors (Lipinski definition) is 2. The summed E-state index contributed by atoms with van der Waals surface area (Å²) in [5, 5.41) is 12.0. The Balaban J connectivity index is 0.00000144. The zero-order valence-corrected chi connectivity index (χ0v) is 23.1. The number of aryl methyl sites for hydroxylation is 1. The van der Waals surface area contributed by atoms with Gasteiger partial charge in [0.05, 0.1) is 5.69 Å². The first-order valence-corrected chi connectivity index (χ1v) is 14.0. The van der Waals surface area contributed by atoms with Gasteiger partial charge in [0.2, 0.25) is 0 Å². The molecular weight excluding hydrogens is 496 g/mol. The van der Waals surface area contributed by atoms with Crippen LogP contribution < -0.4 is 15.5 Å². The van der Waals surface area contributed by atoms with E-state index in [1.807, 2.05) is 67.8 Å². The SMILES string of the molecule is CC.Cc1cccc(Cl)c1CNC(=O)c1ccc(Nc2cc(N3CCCC3)nc3cc(C4CC4)nn23)cc1. The van der Waals surface area contributed by atoms with Crippen LogP contribution in [0.2, 0.25) is 5.02 Å². The van der Waals surface area contributed by atoms with Crippen LogP contribution in [-0.2, 0) is 6.54 Å². The van der Waals surface area contributed by atoms with Gasteiger partial charge in [-0.3, -0.25) is 4.79 Å². The third-order valence-corrected chi connectivity index (χ3v) is 7.41. The molecule has 2 aromatic heterocycles. The Morgan fingerprint density at radius 2 is 1.79 bits per heavy atom. The lowest BCUT2D eigenvalue weighted by Gasteiger charge is -2.18. The van der Waals surface area contributed by atoms with Crippen LogP contribution in [-0.4, -0.2) is 33.6 Å². The van der Waals surface area contributed by atoms with Crippen molar-refractivity contribution in [3.8, 4) is 0 Å². The Morgan fingerprint density at radius 3 is 2.47 bits per heavy atom. The quantitative estimate of drug-likeness (QED) is 0.273. The van der Waals surface area contributed by atoms with Crippen LogP contribution in [0.25, 0.3) is 5.65 Å². The van der Waals surface area contributed by atoms with Crippen LogP contribution in [0.1, 0.15) is 72.6 Å². The van der Waals surface area contributed by atoms with E-state index in [2.05, 4.69) is 27.7 Å². The van der Waals surface area contributed by atoms with Crippen molar-refractivity contribution in [3.05, 3.63) is 82.0 Å². The van der Waals surface area contributed by atoms with Crippen LogP contribution in [0.3, 0.4) is 0 Å². The molecule has 0 radical (unpaired) electrons. The zero-order valence-electron chi connectivity index (χ0n) is 22.3. The average Bonchev–Trinajstić information content (AvgIpc) is 3.45. The maximum absolute atomic E-state index is 12.7. The largest absolute Gasteiger partial charge is 0.356 e. The highest BCUT2D eigenvalue weighted by Crippen LogP contribution is 2.40. The van der Waals surface area contributed by atoms with Crippen LogP contribution in [0.5, 0.6) is 0 Å². The molecule has 1 saturated carbocycles. The summed E-state index contributed by atoms with van der Waals surface area (Å²) in [6, 6.07) is 17.4. The standard InChI is InChI=1S/C28H29ClN6O.C2H6/c1-18-5-4-6-23(29)22(18)17-30-28(36)20-9-11-21(12-10-20)31-27-16-25(34-13-2-3-14-34)32-26-15-24(19-7-8-19)33-35(26)27;1-2/h4-6,9-12,15-16,19,31H,2-3,7-8,13-14,17H2,1H3,(H,30,36);1-2H3. The molecule has 198 valence electrons. The molecule has 0 atom stereocenters. The van der Waals surface area contributed by atoms with E-state index in [1.165, 1.54) is 25.7 Å². The number of rotatable bonds is 7. The third-order valence-electron chi connectivity index (χ3n) is 7.06. The fraction of sp³-hybridized carbons (Fsp3) is 0.367. The summed E-state index contributed by atoms with van der Waals surface area (Å²) in [4.78, 5) is 20.0. The molecule has 1 saturated heterocycles. The van der Waals surface area contributed by atoms with E-state index < -0.39 is 0 Å². The lowest BCUT2D eigenvalue weighted by Crippen LogP contribution is -2.23. The molecule has 3 heterocycles. The molecule has 1 amide bonds. The fourth-order valence-electron chi connectivity index (χ4n) is 4.77. The van der Waals surface area contributed by atoms with Gasteiger partial charge >= 0.3 is 0 Å². The fourth-order valence-corrected chi connectivity index (χ4v) is 5.06. The number of anilines is 3. The average molecular weight is 531 g/mol. The summed E-state index contributed by atoms with van der Waals surface area (Å²) < 4.78 is 1.90. The van der Waals surface area contributed by atoms with Crippen LogP contribution in [0, 0.1) is 6.92 Å². The van der Waals surface area contributed by atoms with Crippen molar-refractivity contribution in [3.63, 3.8) is 0 Å². The first-order chi connectivity index (χ1) is 18.5. The van der Waals surface area contributed by atoms with Gasteiger partial charge < -0.3 is 15.5 Å². The van der Waals surface area contributed by atoms with Gasteiger partial charge in [-0.15, -0.1) is 0 Å². The minimum Gasteiger partial charge on any atom is -0.356 e. The molecule has 1 aliphatic heterocycles. The summed E-state index contributed by atoms with van der Waals surface area (Å²) in [5.74, 6) is 2.28. The number of amides is 1. The molecule has 4 aromatic rings. The lowest BCUT2D eigenvalue weighted by molar-refractivity contribution is 0.0951. The first kappa shape index (κ1) is 26.0. The number of carbonyl (C=O) groups excluding carboxylic acids is 1. The van der Waals surface area contributed by atoms with E-state index in [0.29, 0.717) is 23.0 Å². The molecule has 2 aliphatic rings. The number of halogens is 1. The Kier molecular flexibility index (Phi) is 7.84. The highest BCUT2D eigenvalue weighted by atomic mass is 35.5. The molecule has 6 rings (SSSR count). The molecule has 2 fully saturated rings. The zero-order chi connectivity index (χ0) is 26.6. The summed E-state index contributed by atoms with van der Waals surface area (Å²) in [6.07, 6.45) is 4.79. The van der Waals surface area contributed by atoms with E-state index in [4.69, 9.17) is 21.7 Å². The number of fused-ring (bicyclic) bond motifs is 1. The van der Waals surface area contributed by atoms with E-state index >= 15 is 0 Å². The van der Waals surface area contributed by atoms with Crippen LogP contribution in [0.4, 0.5) is 17.3 Å². The lowest BCUT2D eigenvalue weighted by atomic mass is 10.1. The van der Waals surface area contributed by atoms with E-state index in [0.717, 1.165) is 52.9 Å². The highest BCUT2D eigenvalue weighted by molar-refractivity contribution is 6.31. The van der Waals surface area contributed by atoms with Gasteiger partial charge in [0.15, 0.2) is 5.65 Å². The maximum atomic E-state index is 12.7. The second kappa shape index (κ2) is 11.4. The highest BCUT2D eigenvalue weighted by Gasteiger charge is 2.27. The minimum atomic E-state index is -0.135. The van der Waals surface area contributed by atoms with Gasteiger partial charge in [-0.1, -0.05) is 37.6 Å². The maximum Gasteiger partial charge on any atom is 0.251 e. The Hall–Kier alpha value is -3.58. The molecule has 38 heavy (non-hydrogen) atoms. The number of nitrogens with zero attached hydrogens (tertiary/aromatic N) is 4. The molecule has 0 unspecified atom stereocenters. The molecule has 8 heteroatoms. The van der Waals surface area contributed by atoms with Gasteiger partial charge in [0, 0.05) is 54.0 Å². The monoisotopic (exact) mass is 530 g/mol. The van der Waals surface area contributed by atoms with Crippen molar-refractivity contribution < 1.29 is 4.79 Å². The van der Waals surface area contributed by atoms with Crippen molar-refractivity contribution in [2.24, 2.45) is 0 Å². The molecule has 2 N–H and O–H groups in total. The van der Waals surface area contributed by atoms with Gasteiger partial charge in [0.1, 0.15) is 11.6 Å². The molecule has 0 spiro atoms. The van der Waals surface area contributed by atoms with E-state index in [1.54, 1.807) is 0 Å². The van der Waals surface area contributed by atoms with Gasteiger partial charge in [-0.05, 0) is 74.1 Å².